The van der Waals surface area contributed by atoms with E-state index in [2.05, 4.69) is 16.7 Å². The number of carboxylic acids is 1. The number of anilines is 1. The lowest BCUT2D eigenvalue weighted by Gasteiger charge is -2.32. The Hall–Kier alpha value is -2.67. The largest absolute Gasteiger partial charge is 0.492 e. The van der Waals surface area contributed by atoms with Crippen molar-refractivity contribution >= 4 is 11.8 Å². The summed E-state index contributed by atoms with van der Waals surface area (Å²) in [6.45, 7) is 5.04. The minimum atomic E-state index is -0.701. The highest BCUT2D eigenvalue weighted by atomic mass is 16.5. The molecule has 168 valence electrons. The van der Waals surface area contributed by atoms with Crippen LogP contribution in [0.2, 0.25) is 0 Å². The summed E-state index contributed by atoms with van der Waals surface area (Å²) in [4.78, 5) is 25.4. The predicted octanol–water partition coefficient (Wildman–Crippen LogP) is 3.73. The van der Waals surface area contributed by atoms with Crippen LogP contribution in [-0.2, 0) is 11.2 Å². The maximum Gasteiger partial charge on any atom is 0.306 e. The van der Waals surface area contributed by atoms with Gasteiger partial charge >= 0.3 is 5.97 Å². The van der Waals surface area contributed by atoms with Crippen molar-refractivity contribution in [3.05, 3.63) is 36.2 Å². The third-order valence-corrected chi connectivity index (χ3v) is 5.67. The average Bonchev–Trinajstić information content (AvgIpc) is 2.78. The summed E-state index contributed by atoms with van der Waals surface area (Å²) in [6.07, 6.45) is 6.23. The average molecular weight is 427 g/mol. The van der Waals surface area contributed by atoms with Crippen molar-refractivity contribution in [2.24, 2.45) is 5.92 Å². The van der Waals surface area contributed by atoms with Crippen LogP contribution in [0.1, 0.15) is 38.3 Å². The van der Waals surface area contributed by atoms with Crippen molar-refractivity contribution in [2.45, 2.75) is 39.0 Å². The van der Waals surface area contributed by atoms with Gasteiger partial charge < -0.3 is 19.6 Å². The summed E-state index contributed by atoms with van der Waals surface area (Å²) < 4.78 is 5.81. The number of rotatable bonds is 10. The molecule has 0 amide bonds. The second-order valence-corrected chi connectivity index (χ2v) is 8.41. The first-order valence-electron chi connectivity index (χ1n) is 11.2. The molecule has 1 aromatic heterocycles. The number of hydrogen-bond acceptors (Lipinski definition) is 6. The van der Waals surface area contributed by atoms with Gasteiger partial charge in [0, 0.05) is 31.4 Å². The van der Waals surface area contributed by atoms with Gasteiger partial charge in [0.05, 0.1) is 11.6 Å². The number of aliphatic carboxylic acids is 1. The zero-order chi connectivity index (χ0) is 22.2. The SMILES string of the molecule is CCCCc1cnc(-c2ccc(OCCN(C)C)cc2)c(N2CCC(C(=O)O)CC2)n1. The van der Waals surface area contributed by atoms with E-state index in [1.807, 2.05) is 44.6 Å². The second kappa shape index (κ2) is 11.1. The molecular formula is C24H34N4O3. The molecule has 2 aromatic rings. The number of piperidine rings is 1. The molecule has 1 aliphatic heterocycles. The molecule has 0 bridgehead atoms. The van der Waals surface area contributed by atoms with E-state index in [-0.39, 0.29) is 5.92 Å². The van der Waals surface area contributed by atoms with Crippen molar-refractivity contribution in [1.82, 2.24) is 14.9 Å². The lowest BCUT2D eigenvalue weighted by Crippen LogP contribution is -2.37. The summed E-state index contributed by atoms with van der Waals surface area (Å²) >= 11 is 0. The van der Waals surface area contributed by atoms with Crippen LogP contribution < -0.4 is 9.64 Å². The first kappa shape index (κ1) is 23.0. The molecule has 0 atom stereocenters. The fourth-order valence-corrected chi connectivity index (χ4v) is 3.71. The predicted molar refractivity (Wildman–Crippen MR) is 123 cm³/mol. The topological polar surface area (TPSA) is 78.8 Å². The summed E-state index contributed by atoms with van der Waals surface area (Å²) in [6, 6.07) is 7.98. The Bertz CT molecular complexity index is 846. The van der Waals surface area contributed by atoms with Crippen LogP contribution >= 0.6 is 0 Å². The molecule has 0 saturated carbocycles. The van der Waals surface area contributed by atoms with Crippen molar-refractivity contribution in [2.75, 3.05) is 45.2 Å². The number of aryl methyl sites for hydroxylation is 1. The van der Waals surface area contributed by atoms with Crippen LogP contribution in [0.4, 0.5) is 5.82 Å². The molecule has 1 aromatic carbocycles. The molecule has 7 heteroatoms. The summed E-state index contributed by atoms with van der Waals surface area (Å²) in [5.41, 5.74) is 2.82. The molecule has 2 heterocycles. The lowest BCUT2D eigenvalue weighted by atomic mass is 9.97. The van der Waals surface area contributed by atoms with Gasteiger partial charge in [-0.2, -0.15) is 0 Å². The van der Waals surface area contributed by atoms with E-state index >= 15 is 0 Å². The highest BCUT2D eigenvalue weighted by Crippen LogP contribution is 2.31. The molecule has 1 aliphatic rings. The molecule has 0 unspecified atom stereocenters. The Labute approximate surface area is 185 Å². The Kier molecular flexibility index (Phi) is 8.23. The number of hydrogen-bond donors (Lipinski definition) is 1. The van der Waals surface area contributed by atoms with Crippen LogP contribution in [0.3, 0.4) is 0 Å². The standard InChI is InChI=1S/C24H34N4O3/c1-4-5-6-20-17-25-22(18-7-9-21(10-8-18)31-16-15-27(2)3)23(26-20)28-13-11-19(12-14-28)24(29)30/h7-10,17,19H,4-6,11-16H2,1-3H3,(H,29,30). The Morgan fingerprint density at radius 3 is 2.55 bits per heavy atom. The van der Waals surface area contributed by atoms with Gasteiger partial charge in [0.25, 0.3) is 0 Å². The number of aromatic nitrogens is 2. The van der Waals surface area contributed by atoms with Crippen LogP contribution in [0.15, 0.2) is 30.5 Å². The number of likely N-dealkylation sites (N-methyl/N-ethyl adjacent to an activating group) is 1. The molecule has 0 spiro atoms. The van der Waals surface area contributed by atoms with Crippen LogP contribution in [0, 0.1) is 5.92 Å². The summed E-state index contributed by atoms with van der Waals surface area (Å²) in [5, 5.41) is 9.33. The fraction of sp³-hybridized carbons (Fsp3) is 0.542. The van der Waals surface area contributed by atoms with E-state index in [9.17, 15) is 9.90 Å². The van der Waals surface area contributed by atoms with Crippen LogP contribution in [0.25, 0.3) is 11.3 Å². The summed E-state index contributed by atoms with van der Waals surface area (Å²) in [5.74, 6) is 0.725. The first-order chi connectivity index (χ1) is 15.0. The Balaban J connectivity index is 1.81. The molecule has 7 nitrogen and oxygen atoms in total. The van der Waals surface area contributed by atoms with E-state index in [0.717, 1.165) is 54.3 Å². The van der Waals surface area contributed by atoms with Crippen molar-refractivity contribution in [3.63, 3.8) is 0 Å². The number of carbonyl (C=O) groups is 1. The van der Waals surface area contributed by atoms with Gasteiger partial charge in [0.2, 0.25) is 0 Å². The summed E-state index contributed by atoms with van der Waals surface area (Å²) in [7, 11) is 4.05. The molecule has 31 heavy (non-hydrogen) atoms. The van der Waals surface area contributed by atoms with Gasteiger partial charge in [-0.05, 0) is 64.0 Å². The van der Waals surface area contributed by atoms with Crippen molar-refractivity contribution < 1.29 is 14.6 Å². The monoisotopic (exact) mass is 426 g/mol. The van der Waals surface area contributed by atoms with Gasteiger partial charge in [-0.1, -0.05) is 13.3 Å². The minimum absolute atomic E-state index is 0.269. The molecule has 1 saturated heterocycles. The molecule has 1 fully saturated rings. The van der Waals surface area contributed by atoms with Gasteiger partial charge in [0.15, 0.2) is 5.82 Å². The van der Waals surface area contributed by atoms with Gasteiger partial charge in [-0.25, -0.2) is 4.98 Å². The third-order valence-electron chi connectivity index (χ3n) is 5.67. The first-order valence-corrected chi connectivity index (χ1v) is 11.2. The Morgan fingerprint density at radius 2 is 1.94 bits per heavy atom. The van der Waals surface area contributed by atoms with E-state index < -0.39 is 5.97 Å². The van der Waals surface area contributed by atoms with Crippen molar-refractivity contribution in [1.29, 1.82) is 0 Å². The minimum Gasteiger partial charge on any atom is -0.492 e. The maximum atomic E-state index is 11.3. The molecule has 0 radical (unpaired) electrons. The second-order valence-electron chi connectivity index (χ2n) is 8.41. The Morgan fingerprint density at radius 1 is 1.23 bits per heavy atom. The van der Waals surface area contributed by atoms with Gasteiger partial charge in [-0.3, -0.25) is 9.78 Å². The zero-order valence-electron chi connectivity index (χ0n) is 18.9. The van der Waals surface area contributed by atoms with Gasteiger partial charge in [0.1, 0.15) is 18.1 Å². The lowest BCUT2D eigenvalue weighted by molar-refractivity contribution is -0.142. The number of ether oxygens (including phenoxy) is 1. The number of nitrogens with zero attached hydrogens (tertiary/aromatic N) is 4. The fourth-order valence-electron chi connectivity index (χ4n) is 3.71. The van der Waals surface area contributed by atoms with Crippen molar-refractivity contribution in [3.8, 4) is 17.0 Å². The quantitative estimate of drug-likeness (QED) is 0.620. The molecular weight excluding hydrogens is 392 g/mol. The normalized spacial score (nSPS) is 14.8. The van der Waals surface area contributed by atoms with E-state index in [4.69, 9.17) is 14.7 Å². The van der Waals surface area contributed by atoms with E-state index in [1.54, 1.807) is 0 Å². The number of unbranched alkanes of at least 4 members (excludes halogenated alkanes) is 1. The zero-order valence-corrected chi connectivity index (χ0v) is 18.9. The third kappa shape index (κ3) is 6.40. The van der Waals surface area contributed by atoms with Crippen LogP contribution in [0.5, 0.6) is 5.75 Å². The number of benzene rings is 1. The smallest absolute Gasteiger partial charge is 0.306 e. The van der Waals surface area contributed by atoms with E-state index in [1.165, 1.54) is 0 Å². The molecule has 0 aliphatic carbocycles. The number of carboxylic acid groups (broad SMARTS) is 1. The molecule has 3 rings (SSSR count). The highest BCUT2D eigenvalue weighted by molar-refractivity contribution is 5.74. The van der Waals surface area contributed by atoms with Gasteiger partial charge in [-0.15, -0.1) is 0 Å². The van der Waals surface area contributed by atoms with Crippen LogP contribution in [-0.4, -0.2) is 66.3 Å². The molecule has 1 N–H and O–H groups in total. The van der Waals surface area contributed by atoms with E-state index in [0.29, 0.717) is 32.5 Å². The maximum absolute atomic E-state index is 11.3. The highest BCUT2D eigenvalue weighted by Gasteiger charge is 2.27.